The molecule has 0 aliphatic heterocycles. The van der Waals surface area contributed by atoms with Crippen LogP contribution in [0.2, 0.25) is 5.02 Å². The minimum Gasteiger partial charge on any atom is -0.491 e. The Kier molecular flexibility index (Phi) is 3.91. The van der Waals surface area contributed by atoms with Gasteiger partial charge in [0.2, 0.25) is 0 Å². The molecule has 0 aromatic heterocycles. The standard InChI is InChI=1S/C16H21ClFNO/c17-14-8-12(18)7-13(15(14)20-9-11-3-4-11)16(10-19)5-1-2-6-16/h7-8,11H,1-6,9-10,19H2. The van der Waals surface area contributed by atoms with E-state index < -0.39 is 0 Å². The number of benzene rings is 1. The van der Waals surface area contributed by atoms with E-state index in [9.17, 15) is 4.39 Å². The fourth-order valence-electron chi connectivity index (χ4n) is 3.22. The van der Waals surface area contributed by atoms with Crippen molar-refractivity contribution in [1.29, 1.82) is 0 Å². The number of ether oxygens (including phenoxy) is 1. The second-order valence-corrected chi connectivity index (χ2v) is 6.62. The third-order valence-electron chi connectivity index (χ3n) is 4.69. The molecule has 1 aromatic rings. The van der Waals surface area contributed by atoms with Gasteiger partial charge in [0, 0.05) is 17.5 Å². The zero-order valence-electron chi connectivity index (χ0n) is 11.6. The summed E-state index contributed by atoms with van der Waals surface area (Å²) in [6.07, 6.45) is 6.68. The van der Waals surface area contributed by atoms with Crippen LogP contribution < -0.4 is 10.5 Å². The normalized spacial score (nSPS) is 21.1. The monoisotopic (exact) mass is 297 g/mol. The van der Waals surface area contributed by atoms with Crippen LogP contribution in [0.25, 0.3) is 0 Å². The summed E-state index contributed by atoms with van der Waals surface area (Å²) in [5.41, 5.74) is 6.73. The Morgan fingerprint density at radius 2 is 2.00 bits per heavy atom. The van der Waals surface area contributed by atoms with Crippen molar-refractivity contribution in [3.8, 4) is 5.75 Å². The fourth-order valence-corrected chi connectivity index (χ4v) is 3.48. The molecule has 110 valence electrons. The Morgan fingerprint density at radius 1 is 1.30 bits per heavy atom. The largest absolute Gasteiger partial charge is 0.491 e. The fraction of sp³-hybridized carbons (Fsp3) is 0.625. The van der Waals surface area contributed by atoms with Gasteiger partial charge < -0.3 is 10.5 Å². The van der Waals surface area contributed by atoms with E-state index in [0.717, 1.165) is 31.2 Å². The smallest absolute Gasteiger partial charge is 0.141 e. The quantitative estimate of drug-likeness (QED) is 0.890. The minimum atomic E-state index is -0.302. The summed E-state index contributed by atoms with van der Waals surface area (Å²) in [7, 11) is 0. The molecule has 0 saturated heterocycles. The lowest BCUT2D eigenvalue weighted by Crippen LogP contribution is -2.32. The second-order valence-electron chi connectivity index (χ2n) is 6.21. The molecule has 0 bridgehead atoms. The SMILES string of the molecule is NCC1(c2cc(F)cc(Cl)c2OCC2CC2)CCCC1. The second kappa shape index (κ2) is 5.53. The summed E-state index contributed by atoms with van der Waals surface area (Å²) in [6.45, 7) is 1.20. The average Bonchev–Trinajstić information content (AvgIpc) is 3.12. The third kappa shape index (κ3) is 2.66. The Labute approximate surface area is 124 Å². The number of halogens is 2. The van der Waals surface area contributed by atoms with Crippen LogP contribution >= 0.6 is 11.6 Å². The molecule has 0 heterocycles. The topological polar surface area (TPSA) is 35.2 Å². The van der Waals surface area contributed by atoms with Gasteiger partial charge in [-0.15, -0.1) is 0 Å². The molecule has 0 unspecified atom stereocenters. The highest BCUT2D eigenvalue weighted by molar-refractivity contribution is 6.32. The maximum atomic E-state index is 13.8. The Balaban J connectivity index is 1.97. The molecule has 20 heavy (non-hydrogen) atoms. The third-order valence-corrected chi connectivity index (χ3v) is 4.97. The van der Waals surface area contributed by atoms with Crippen LogP contribution in [0.1, 0.15) is 44.1 Å². The lowest BCUT2D eigenvalue weighted by Gasteiger charge is -2.30. The van der Waals surface area contributed by atoms with E-state index in [2.05, 4.69) is 0 Å². The van der Waals surface area contributed by atoms with Crippen LogP contribution in [0.3, 0.4) is 0 Å². The molecule has 2 aliphatic rings. The molecule has 2 N–H and O–H groups in total. The van der Waals surface area contributed by atoms with Gasteiger partial charge in [0.05, 0.1) is 11.6 Å². The van der Waals surface area contributed by atoms with Gasteiger partial charge in [0.1, 0.15) is 11.6 Å². The van der Waals surface area contributed by atoms with Crippen LogP contribution in [-0.4, -0.2) is 13.2 Å². The van der Waals surface area contributed by atoms with E-state index >= 15 is 0 Å². The van der Waals surface area contributed by atoms with Crippen molar-refractivity contribution in [3.05, 3.63) is 28.5 Å². The predicted molar refractivity (Wildman–Crippen MR) is 78.8 cm³/mol. The van der Waals surface area contributed by atoms with E-state index in [1.807, 2.05) is 0 Å². The molecule has 2 nitrogen and oxygen atoms in total. The van der Waals surface area contributed by atoms with Crippen LogP contribution in [0, 0.1) is 11.7 Å². The number of hydrogen-bond donors (Lipinski definition) is 1. The molecule has 0 atom stereocenters. The van der Waals surface area contributed by atoms with Crippen LogP contribution in [0.5, 0.6) is 5.75 Å². The van der Waals surface area contributed by atoms with Crippen molar-refractivity contribution in [3.63, 3.8) is 0 Å². The summed E-state index contributed by atoms with van der Waals surface area (Å²) in [6, 6.07) is 2.92. The molecule has 2 fully saturated rings. The number of nitrogens with two attached hydrogens (primary N) is 1. The van der Waals surface area contributed by atoms with Gasteiger partial charge in [0.25, 0.3) is 0 Å². The van der Waals surface area contributed by atoms with Gasteiger partial charge in [-0.1, -0.05) is 24.4 Å². The number of rotatable bonds is 5. The Hall–Kier alpha value is -0.800. The lowest BCUT2D eigenvalue weighted by molar-refractivity contribution is 0.287. The van der Waals surface area contributed by atoms with E-state index in [1.165, 1.54) is 18.9 Å². The summed E-state index contributed by atoms with van der Waals surface area (Å²) in [5, 5.41) is 0.375. The summed E-state index contributed by atoms with van der Waals surface area (Å²) >= 11 is 6.23. The highest BCUT2D eigenvalue weighted by atomic mass is 35.5. The molecular weight excluding hydrogens is 277 g/mol. The molecule has 2 saturated carbocycles. The first-order valence-electron chi connectivity index (χ1n) is 7.47. The van der Waals surface area contributed by atoms with E-state index in [-0.39, 0.29) is 11.2 Å². The van der Waals surface area contributed by atoms with Crippen molar-refractivity contribution in [1.82, 2.24) is 0 Å². The Bertz CT molecular complexity index is 495. The number of hydrogen-bond acceptors (Lipinski definition) is 2. The molecule has 0 spiro atoms. The lowest BCUT2D eigenvalue weighted by atomic mass is 9.78. The van der Waals surface area contributed by atoms with E-state index in [1.54, 1.807) is 6.07 Å². The first-order valence-corrected chi connectivity index (χ1v) is 7.85. The van der Waals surface area contributed by atoms with Gasteiger partial charge in [0.15, 0.2) is 0 Å². The zero-order chi connectivity index (χ0) is 14.2. The predicted octanol–water partition coefficient (Wildman–Crippen LogP) is 4.04. The Morgan fingerprint density at radius 3 is 2.60 bits per heavy atom. The van der Waals surface area contributed by atoms with Crippen molar-refractivity contribution in [2.24, 2.45) is 11.7 Å². The first kappa shape index (κ1) is 14.2. The van der Waals surface area contributed by atoms with E-state index in [0.29, 0.717) is 29.8 Å². The molecule has 2 aliphatic carbocycles. The molecule has 0 radical (unpaired) electrons. The summed E-state index contributed by atoms with van der Waals surface area (Å²) in [5.74, 6) is 0.997. The molecule has 4 heteroatoms. The first-order chi connectivity index (χ1) is 9.64. The van der Waals surface area contributed by atoms with Gasteiger partial charge in [-0.3, -0.25) is 0 Å². The van der Waals surface area contributed by atoms with Crippen molar-refractivity contribution in [2.45, 2.75) is 43.9 Å². The van der Waals surface area contributed by atoms with Crippen LogP contribution in [0.4, 0.5) is 4.39 Å². The van der Waals surface area contributed by atoms with Gasteiger partial charge >= 0.3 is 0 Å². The van der Waals surface area contributed by atoms with Crippen molar-refractivity contribution >= 4 is 11.6 Å². The molecular formula is C16H21ClFNO. The molecule has 3 rings (SSSR count). The van der Waals surface area contributed by atoms with Gasteiger partial charge in [-0.05, 0) is 43.7 Å². The average molecular weight is 298 g/mol. The highest BCUT2D eigenvalue weighted by Gasteiger charge is 2.38. The maximum absolute atomic E-state index is 13.8. The minimum absolute atomic E-state index is 0.162. The summed E-state index contributed by atoms with van der Waals surface area (Å²) in [4.78, 5) is 0. The maximum Gasteiger partial charge on any atom is 0.141 e. The van der Waals surface area contributed by atoms with Gasteiger partial charge in [-0.25, -0.2) is 4.39 Å². The molecule has 0 amide bonds. The van der Waals surface area contributed by atoms with Crippen LogP contribution in [-0.2, 0) is 5.41 Å². The summed E-state index contributed by atoms with van der Waals surface area (Å²) < 4.78 is 19.7. The highest BCUT2D eigenvalue weighted by Crippen LogP contribution is 2.47. The molecule has 1 aromatic carbocycles. The van der Waals surface area contributed by atoms with Crippen molar-refractivity contribution in [2.75, 3.05) is 13.2 Å². The zero-order valence-corrected chi connectivity index (χ0v) is 12.4. The van der Waals surface area contributed by atoms with E-state index in [4.69, 9.17) is 22.1 Å². The van der Waals surface area contributed by atoms with Crippen molar-refractivity contribution < 1.29 is 9.13 Å². The van der Waals surface area contributed by atoms with Gasteiger partial charge in [-0.2, -0.15) is 0 Å². The van der Waals surface area contributed by atoms with Crippen LogP contribution in [0.15, 0.2) is 12.1 Å².